The molecule has 1 saturated carbocycles. The second-order valence-corrected chi connectivity index (χ2v) is 7.05. The first-order valence-corrected chi connectivity index (χ1v) is 8.63. The molecule has 6 heteroatoms. The molecule has 1 aromatic carbocycles. The molecule has 1 aromatic rings. The summed E-state index contributed by atoms with van der Waals surface area (Å²) < 4.78 is 14.2. The highest BCUT2D eigenvalue weighted by molar-refractivity contribution is 8.26. The molecule has 1 aliphatic carbocycles. The Labute approximate surface area is 138 Å². The standard InChI is InChI=1S/C16H17FN2OS2/c17-12-8-4-5-9-13(12)18-10-19-15(20)14(22-16(19)21)11-6-2-1-3-7-11/h4-5,8-9,18H,1-3,6-7,10H2. The molecular formula is C16H17FN2OS2. The third-order valence-electron chi connectivity index (χ3n) is 3.93. The van der Waals surface area contributed by atoms with E-state index in [1.807, 2.05) is 0 Å². The van der Waals surface area contributed by atoms with Crippen molar-refractivity contribution in [2.75, 3.05) is 12.0 Å². The van der Waals surface area contributed by atoms with Crippen molar-refractivity contribution < 1.29 is 9.18 Å². The molecule has 22 heavy (non-hydrogen) atoms. The minimum atomic E-state index is -0.335. The van der Waals surface area contributed by atoms with Crippen molar-refractivity contribution in [1.82, 2.24) is 4.90 Å². The van der Waals surface area contributed by atoms with E-state index in [1.165, 1.54) is 34.7 Å². The third kappa shape index (κ3) is 3.17. The van der Waals surface area contributed by atoms with E-state index >= 15 is 0 Å². The van der Waals surface area contributed by atoms with Crippen molar-refractivity contribution in [3.05, 3.63) is 40.6 Å². The predicted octanol–water partition coefficient (Wildman–Crippen LogP) is 4.27. The Hall–Kier alpha value is -1.40. The Morgan fingerprint density at radius 1 is 1.23 bits per heavy atom. The van der Waals surface area contributed by atoms with Crippen LogP contribution in [0.1, 0.15) is 32.1 Å². The third-order valence-corrected chi connectivity index (χ3v) is 5.46. The molecule has 0 unspecified atom stereocenters. The van der Waals surface area contributed by atoms with E-state index in [4.69, 9.17) is 12.2 Å². The summed E-state index contributed by atoms with van der Waals surface area (Å²) in [5, 5.41) is 2.95. The van der Waals surface area contributed by atoms with Gasteiger partial charge in [0.2, 0.25) is 0 Å². The van der Waals surface area contributed by atoms with Gasteiger partial charge in [-0.25, -0.2) is 4.39 Å². The summed E-state index contributed by atoms with van der Waals surface area (Å²) in [6, 6.07) is 6.41. The summed E-state index contributed by atoms with van der Waals surface area (Å²) in [5.74, 6) is -0.380. The van der Waals surface area contributed by atoms with E-state index in [0.29, 0.717) is 10.0 Å². The van der Waals surface area contributed by atoms with Crippen LogP contribution in [0.5, 0.6) is 0 Å². The average Bonchev–Trinajstić information content (AvgIpc) is 2.82. The van der Waals surface area contributed by atoms with Crippen LogP contribution >= 0.6 is 24.0 Å². The molecule has 116 valence electrons. The normalized spacial score (nSPS) is 19.0. The summed E-state index contributed by atoms with van der Waals surface area (Å²) >= 11 is 6.69. The van der Waals surface area contributed by atoms with Crippen molar-refractivity contribution in [2.24, 2.45) is 0 Å². The Morgan fingerprint density at radius 2 is 1.95 bits per heavy atom. The van der Waals surface area contributed by atoms with Crippen molar-refractivity contribution in [3.63, 3.8) is 0 Å². The maximum atomic E-state index is 13.6. The lowest BCUT2D eigenvalue weighted by atomic mass is 9.94. The molecule has 2 fully saturated rings. The highest BCUT2D eigenvalue weighted by Crippen LogP contribution is 2.38. The summed E-state index contributed by atoms with van der Waals surface area (Å²) in [4.78, 5) is 14.9. The molecule has 0 aromatic heterocycles. The fraction of sp³-hybridized carbons (Fsp3) is 0.375. The number of nitrogens with zero attached hydrogens (tertiary/aromatic N) is 1. The molecule has 1 amide bonds. The number of para-hydroxylation sites is 1. The Bertz CT molecular complexity index is 637. The number of hydrogen-bond acceptors (Lipinski definition) is 4. The quantitative estimate of drug-likeness (QED) is 0.660. The minimum absolute atomic E-state index is 0.0456. The first-order chi connectivity index (χ1) is 10.7. The lowest BCUT2D eigenvalue weighted by Crippen LogP contribution is -2.33. The highest BCUT2D eigenvalue weighted by atomic mass is 32.2. The zero-order valence-electron chi connectivity index (χ0n) is 12.1. The average molecular weight is 336 g/mol. The van der Waals surface area contributed by atoms with Crippen LogP contribution in [-0.2, 0) is 4.79 Å². The minimum Gasteiger partial charge on any atom is -0.365 e. The van der Waals surface area contributed by atoms with Crippen LogP contribution in [0.15, 0.2) is 34.7 Å². The van der Waals surface area contributed by atoms with Gasteiger partial charge in [0, 0.05) is 0 Å². The zero-order chi connectivity index (χ0) is 15.5. The van der Waals surface area contributed by atoms with Crippen molar-refractivity contribution in [1.29, 1.82) is 0 Å². The molecule has 1 N–H and O–H groups in total. The fourth-order valence-corrected chi connectivity index (χ4v) is 4.10. The van der Waals surface area contributed by atoms with Crippen LogP contribution in [0.25, 0.3) is 0 Å². The van der Waals surface area contributed by atoms with Gasteiger partial charge in [0.15, 0.2) is 0 Å². The van der Waals surface area contributed by atoms with Gasteiger partial charge in [0.1, 0.15) is 10.1 Å². The summed E-state index contributed by atoms with van der Waals surface area (Å²) in [6.07, 6.45) is 5.51. The van der Waals surface area contributed by atoms with Crippen LogP contribution in [-0.4, -0.2) is 21.8 Å². The maximum Gasteiger partial charge on any atom is 0.267 e. The largest absolute Gasteiger partial charge is 0.365 e. The van der Waals surface area contributed by atoms with E-state index in [1.54, 1.807) is 18.2 Å². The topological polar surface area (TPSA) is 32.3 Å². The van der Waals surface area contributed by atoms with Crippen LogP contribution < -0.4 is 5.32 Å². The molecule has 0 atom stereocenters. The van der Waals surface area contributed by atoms with Gasteiger partial charge >= 0.3 is 0 Å². The predicted molar refractivity (Wildman–Crippen MR) is 92.0 cm³/mol. The second-order valence-electron chi connectivity index (χ2n) is 5.41. The highest BCUT2D eigenvalue weighted by Gasteiger charge is 2.34. The van der Waals surface area contributed by atoms with E-state index in [9.17, 15) is 9.18 Å². The van der Waals surface area contributed by atoms with Gasteiger partial charge in [-0.15, -0.1) is 0 Å². The molecule has 2 aliphatic rings. The van der Waals surface area contributed by atoms with Crippen molar-refractivity contribution in [3.8, 4) is 0 Å². The molecule has 0 bridgehead atoms. The number of thioether (sulfide) groups is 1. The monoisotopic (exact) mass is 336 g/mol. The Morgan fingerprint density at radius 3 is 2.68 bits per heavy atom. The fourth-order valence-electron chi connectivity index (χ4n) is 2.73. The van der Waals surface area contributed by atoms with Crippen LogP contribution in [0, 0.1) is 5.82 Å². The number of thiocarbonyl (C=S) groups is 1. The molecule has 0 radical (unpaired) electrons. The van der Waals surface area contributed by atoms with Crippen LogP contribution in [0.3, 0.4) is 0 Å². The smallest absolute Gasteiger partial charge is 0.267 e. The molecular weight excluding hydrogens is 319 g/mol. The second kappa shape index (κ2) is 6.79. The van der Waals surface area contributed by atoms with Gasteiger partial charge in [0.25, 0.3) is 5.91 Å². The van der Waals surface area contributed by atoms with E-state index in [0.717, 1.165) is 30.6 Å². The van der Waals surface area contributed by atoms with Crippen LogP contribution in [0.4, 0.5) is 10.1 Å². The van der Waals surface area contributed by atoms with Crippen molar-refractivity contribution >= 4 is 39.9 Å². The molecule has 1 aliphatic heterocycles. The first-order valence-electron chi connectivity index (χ1n) is 7.41. The lowest BCUT2D eigenvalue weighted by molar-refractivity contribution is -0.122. The number of carbonyl (C=O) groups is 1. The van der Waals surface area contributed by atoms with Gasteiger partial charge in [-0.1, -0.05) is 48.1 Å². The number of halogens is 1. The molecule has 1 heterocycles. The summed E-state index contributed by atoms with van der Waals surface area (Å²) in [5.41, 5.74) is 1.61. The van der Waals surface area contributed by atoms with E-state index in [2.05, 4.69) is 5.32 Å². The molecule has 1 saturated heterocycles. The molecule has 3 nitrogen and oxygen atoms in total. The maximum absolute atomic E-state index is 13.6. The number of hydrogen-bond donors (Lipinski definition) is 1. The number of carbonyl (C=O) groups excluding carboxylic acids is 1. The number of amides is 1. The van der Waals surface area contributed by atoms with Gasteiger partial charge in [-0.3, -0.25) is 9.69 Å². The first kappa shape index (κ1) is 15.5. The van der Waals surface area contributed by atoms with Crippen molar-refractivity contribution in [2.45, 2.75) is 32.1 Å². The van der Waals surface area contributed by atoms with Gasteiger partial charge in [0.05, 0.1) is 17.3 Å². The number of nitrogens with one attached hydrogen (secondary N) is 1. The van der Waals surface area contributed by atoms with E-state index < -0.39 is 0 Å². The Kier molecular flexibility index (Phi) is 4.78. The van der Waals surface area contributed by atoms with Gasteiger partial charge in [-0.05, 0) is 37.8 Å². The number of anilines is 1. The number of rotatable bonds is 3. The Balaban J connectivity index is 1.71. The van der Waals surface area contributed by atoms with Crippen LogP contribution in [0.2, 0.25) is 0 Å². The SMILES string of the molecule is O=C1C(=C2CCCCC2)SC(=S)N1CNc1ccccc1F. The summed E-state index contributed by atoms with van der Waals surface area (Å²) in [6.45, 7) is 0.197. The number of allylic oxidation sites excluding steroid dienone is 1. The molecule has 3 rings (SSSR count). The van der Waals surface area contributed by atoms with E-state index in [-0.39, 0.29) is 18.4 Å². The molecule has 0 spiro atoms. The zero-order valence-corrected chi connectivity index (χ0v) is 13.7. The van der Waals surface area contributed by atoms with Gasteiger partial charge < -0.3 is 5.32 Å². The van der Waals surface area contributed by atoms with Gasteiger partial charge in [-0.2, -0.15) is 0 Å². The lowest BCUT2D eigenvalue weighted by Gasteiger charge is -2.17. The number of benzene rings is 1. The summed E-state index contributed by atoms with van der Waals surface area (Å²) in [7, 11) is 0.